The van der Waals surface area contributed by atoms with Crippen LogP contribution in [0, 0.1) is 5.82 Å². The number of hydrogen-bond donors (Lipinski definition) is 0. The molecule has 0 aliphatic heterocycles. The first-order valence-electron chi connectivity index (χ1n) is 8.27. The highest BCUT2D eigenvalue weighted by atomic mass is 32.2. The summed E-state index contributed by atoms with van der Waals surface area (Å²) in [6.07, 6.45) is 0. The molecule has 3 rings (SSSR count). The van der Waals surface area contributed by atoms with Gasteiger partial charge in [-0.15, -0.1) is 4.40 Å². The molecule has 0 saturated carbocycles. The average Bonchev–Trinajstić information content (AvgIpc) is 3.00. The molecular weight excluding hydrogens is 391 g/mol. The number of sulfonamides is 1. The summed E-state index contributed by atoms with van der Waals surface area (Å²) in [5, 5.41) is 0. The van der Waals surface area contributed by atoms with E-state index in [9.17, 15) is 12.8 Å². The van der Waals surface area contributed by atoms with Gasteiger partial charge in [-0.1, -0.05) is 17.4 Å². The van der Waals surface area contributed by atoms with Crippen molar-refractivity contribution in [1.82, 2.24) is 4.57 Å². The Morgan fingerprint density at radius 3 is 2.59 bits per heavy atom. The number of fused-ring (bicyclic) bond motifs is 1. The van der Waals surface area contributed by atoms with Crippen molar-refractivity contribution >= 4 is 31.6 Å². The lowest BCUT2D eigenvalue weighted by Gasteiger charge is -2.06. The van der Waals surface area contributed by atoms with Crippen LogP contribution < -0.4 is 9.54 Å². The Morgan fingerprint density at radius 1 is 1.19 bits per heavy atom. The molecule has 6 nitrogen and oxygen atoms in total. The molecule has 0 amide bonds. The number of ether oxygens (including phenoxy) is 2. The zero-order valence-electron chi connectivity index (χ0n) is 14.9. The van der Waals surface area contributed by atoms with Gasteiger partial charge in [-0.3, -0.25) is 0 Å². The molecule has 144 valence electrons. The second-order valence-corrected chi connectivity index (χ2v) is 8.17. The third-order valence-corrected chi connectivity index (χ3v) is 6.31. The lowest BCUT2D eigenvalue weighted by Crippen LogP contribution is -2.20. The van der Waals surface area contributed by atoms with Crippen molar-refractivity contribution in [1.29, 1.82) is 0 Å². The molecule has 0 radical (unpaired) electrons. The Kier molecular flexibility index (Phi) is 5.93. The number of para-hydroxylation sites is 1. The van der Waals surface area contributed by atoms with Gasteiger partial charge in [0, 0.05) is 13.2 Å². The van der Waals surface area contributed by atoms with Gasteiger partial charge in [0.1, 0.15) is 11.6 Å². The molecule has 1 heterocycles. The van der Waals surface area contributed by atoms with E-state index < -0.39 is 15.8 Å². The Balaban J connectivity index is 2.13. The van der Waals surface area contributed by atoms with Gasteiger partial charge in [-0.05, 0) is 43.3 Å². The van der Waals surface area contributed by atoms with Crippen LogP contribution in [0.25, 0.3) is 10.2 Å². The molecule has 0 unspecified atom stereocenters. The van der Waals surface area contributed by atoms with E-state index >= 15 is 0 Å². The second kappa shape index (κ2) is 8.20. The van der Waals surface area contributed by atoms with Gasteiger partial charge in [0.2, 0.25) is 4.80 Å². The largest absolute Gasteiger partial charge is 0.497 e. The first-order valence-corrected chi connectivity index (χ1v) is 10.5. The molecule has 2 aromatic carbocycles. The predicted molar refractivity (Wildman–Crippen MR) is 102 cm³/mol. The quantitative estimate of drug-likeness (QED) is 0.561. The maximum absolute atomic E-state index is 14.3. The van der Waals surface area contributed by atoms with E-state index in [-0.39, 0.29) is 9.70 Å². The Labute approximate surface area is 160 Å². The fraction of sp³-hybridized carbons (Fsp3) is 0.278. The zero-order valence-corrected chi connectivity index (χ0v) is 16.5. The highest BCUT2D eigenvalue weighted by molar-refractivity contribution is 7.90. The number of methoxy groups -OCH3 is 1. The normalized spacial score (nSPS) is 12.6. The van der Waals surface area contributed by atoms with E-state index in [4.69, 9.17) is 9.47 Å². The summed E-state index contributed by atoms with van der Waals surface area (Å²) in [7, 11) is -2.46. The summed E-state index contributed by atoms with van der Waals surface area (Å²) < 4.78 is 56.3. The minimum atomic E-state index is -3.96. The van der Waals surface area contributed by atoms with Crippen molar-refractivity contribution in [3.63, 3.8) is 0 Å². The standard InChI is InChI=1S/C18H19FN2O4S2/c1-3-25-12-11-21-17-15(19)5-4-6-16(17)26-18(21)20-27(22,23)14-9-7-13(24-2)8-10-14/h4-10H,3,11-12H2,1-2H3. The molecule has 0 atom stereocenters. The van der Waals surface area contributed by atoms with E-state index in [1.54, 1.807) is 28.8 Å². The molecule has 3 aromatic rings. The van der Waals surface area contributed by atoms with Crippen LogP contribution in [0.4, 0.5) is 4.39 Å². The van der Waals surface area contributed by atoms with Gasteiger partial charge in [0.15, 0.2) is 0 Å². The van der Waals surface area contributed by atoms with Gasteiger partial charge in [0.25, 0.3) is 10.0 Å². The molecule has 0 aliphatic rings. The van der Waals surface area contributed by atoms with Crippen molar-refractivity contribution < 1.29 is 22.3 Å². The maximum Gasteiger partial charge on any atom is 0.285 e. The minimum Gasteiger partial charge on any atom is -0.497 e. The van der Waals surface area contributed by atoms with Crippen molar-refractivity contribution in [2.45, 2.75) is 18.4 Å². The van der Waals surface area contributed by atoms with Crippen LogP contribution in [0.15, 0.2) is 51.8 Å². The van der Waals surface area contributed by atoms with Crippen LogP contribution in [0.3, 0.4) is 0 Å². The second-order valence-electron chi connectivity index (χ2n) is 5.56. The van der Waals surface area contributed by atoms with Crippen LogP contribution in [0.2, 0.25) is 0 Å². The van der Waals surface area contributed by atoms with Crippen molar-refractivity contribution in [2.24, 2.45) is 4.40 Å². The third-order valence-electron chi connectivity index (χ3n) is 3.87. The number of thiazole rings is 1. The van der Waals surface area contributed by atoms with Crippen LogP contribution in [0.1, 0.15) is 6.92 Å². The lowest BCUT2D eigenvalue weighted by atomic mass is 10.3. The van der Waals surface area contributed by atoms with Gasteiger partial charge < -0.3 is 14.0 Å². The number of aromatic nitrogens is 1. The fourth-order valence-electron chi connectivity index (χ4n) is 2.57. The van der Waals surface area contributed by atoms with Crippen LogP contribution in [0.5, 0.6) is 5.75 Å². The predicted octanol–water partition coefficient (Wildman–Crippen LogP) is 3.18. The first kappa shape index (κ1) is 19.5. The van der Waals surface area contributed by atoms with Gasteiger partial charge in [0.05, 0.1) is 28.8 Å². The Hall–Kier alpha value is -2.23. The monoisotopic (exact) mass is 410 g/mol. The van der Waals surface area contributed by atoms with E-state index in [1.165, 1.54) is 25.3 Å². The minimum absolute atomic E-state index is 0.0394. The number of rotatable bonds is 7. The summed E-state index contributed by atoms with van der Waals surface area (Å²) in [6, 6.07) is 10.6. The van der Waals surface area contributed by atoms with E-state index in [2.05, 4.69) is 4.40 Å². The molecule has 0 N–H and O–H groups in total. The highest BCUT2D eigenvalue weighted by Gasteiger charge is 2.16. The topological polar surface area (TPSA) is 69.9 Å². The molecule has 27 heavy (non-hydrogen) atoms. The number of benzene rings is 2. The zero-order chi connectivity index (χ0) is 19.4. The molecule has 9 heteroatoms. The van der Waals surface area contributed by atoms with Gasteiger partial charge in [-0.2, -0.15) is 8.42 Å². The molecule has 0 aliphatic carbocycles. The SMILES string of the molecule is CCOCCn1c(=NS(=O)(=O)c2ccc(OC)cc2)sc2cccc(F)c21. The van der Waals surface area contributed by atoms with Crippen LogP contribution in [-0.4, -0.2) is 33.3 Å². The summed E-state index contributed by atoms with van der Waals surface area (Å²) in [4.78, 5) is 0.239. The van der Waals surface area contributed by atoms with Crippen molar-refractivity contribution in [3.8, 4) is 5.75 Å². The molecule has 0 saturated heterocycles. The summed E-state index contributed by atoms with van der Waals surface area (Å²) in [6.45, 7) is 3.00. The fourth-order valence-corrected chi connectivity index (χ4v) is 4.84. The average molecular weight is 410 g/mol. The molecule has 0 fully saturated rings. The van der Waals surface area contributed by atoms with Gasteiger partial charge >= 0.3 is 0 Å². The number of halogens is 1. The van der Waals surface area contributed by atoms with Crippen molar-refractivity contribution in [3.05, 3.63) is 53.1 Å². The van der Waals surface area contributed by atoms with Crippen molar-refractivity contribution in [2.75, 3.05) is 20.3 Å². The molecule has 1 aromatic heterocycles. The van der Waals surface area contributed by atoms with E-state index in [0.29, 0.717) is 35.7 Å². The maximum atomic E-state index is 14.3. The molecular formula is C18H19FN2O4S2. The lowest BCUT2D eigenvalue weighted by molar-refractivity contribution is 0.139. The highest BCUT2D eigenvalue weighted by Crippen LogP contribution is 2.22. The summed E-state index contributed by atoms with van der Waals surface area (Å²) in [5.41, 5.74) is 0.325. The van der Waals surface area contributed by atoms with Crippen LogP contribution >= 0.6 is 11.3 Å². The first-order chi connectivity index (χ1) is 13.0. The van der Waals surface area contributed by atoms with E-state index in [0.717, 1.165) is 11.3 Å². The van der Waals surface area contributed by atoms with Gasteiger partial charge in [-0.25, -0.2) is 4.39 Å². The van der Waals surface area contributed by atoms with E-state index in [1.807, 2.05) is 6.92 Å². The number of nitrogens with zero attached hydrogens (tertiary/aromatic N) is 2. The van der Waals surface area contributed by atoms with Crippen LogP contribution in [-0.2, 0) is 21.3 Å². The Morgan fingerprint density at radius 2 is 1.93 bits per heavy atom. The number of hydrogen-bond acceptors (Lipinski definition) is 5. The third kappa shape index (κ3) is 4.20. The smallest absolute Gasteiger partial charge is 0.285 e. The molecule has 0 spiro atoms. The summed E-state index contributed by atoms with van der Waals surface area (Å²) in [5.74, 6) is 0.119. The Bertz CT molecular complexity index is 1100. The summed E-state index contributed by atoms with van der Waals surface area (Å²) >= 11 is 1.12. The molecule has 0 bridgehead atoms.